The van der Waals surface area contributed by atoms with Crippen LogP contribution in [0.25, 0.3) is 0 Å². The van der Waals surface area contributed by atoms with Crippen molar-refractivity contribution in [2.45, 2.75) is 25.2 Å². The normalized spacial score (nSPS) is 20.0. The summed E-state index contributed by atoms with van der Waals surface area (Å²) < 4.78 is 58.1. The zero-order valence-electron chi connectivity index (χ0n) is 16.6. The van der Waals surface area contributed by atoms with Gasteiger partial charge in [0.25, 0.3) is 5.91 Å². The van der Waals surface area contributed by atoms with Crippen molar-refractivity contribution in [2.75, 3.05) is 24.7 Å². The van der Waals surface area contributed by atoms with Crippen LogP contribution in [0.2, 0.25) is 5.02 Å². The summed E-state index contributed by atoms with van der Waals surface area (Å²) in [7, 11) is 0. The number of hydrogen-bond donors (Lipinski definition) is 0. The third-order valence-electron chi connectivity index (χ3n) is 5.48. The van der Waals surface area contributed by atoms with Crippen molar-refractivity contribution in [1.29, 1.82) is 0 Å². The number of anilines is 1. The Bertz CT molecular complexity index is 1030. The first-order valence-electron chi connectivity index (χ1n) is 9.79. The summed E-state index contributed by atoms with van der Waals surface area (Å²) in [6.45, 7) is 0.368. The molecule has 4 rings (SSSR count). The van der Waals surface area contributed by atoms with Crippen LogP contribution in [0.1, 0.15) is 17.5 Å². The van der Waals surface area contributed by atoms with Crippen molar-refractivity contribution >= 4 is 29.2 Å². The molecule has 2 aliphatic rings. The van der Waals surface area contributed by atoms with Gasteiger partial charge in [0.15, 0.2) is 11.6 Å². The number of piperazine rings is 1. The van der Waals surface area contributed by atoms with Crippen molar-refractivity contribution in [3.8, 4) is 0 Å². The summed E-state index contributed by atoms with van der Waals surface area (Å²) in [6, 6.07) is 4.49. The maximum atomic E-state index is 14.4. The Hall–Kier alpha value is -2.72. The topological polar surface area (TPSA) is 62.7 Å². The molecule has 2 aliphatic heterocycles. The monoisotopic (exact) mass is 471 g/mol. The van der Waals surface area contributed by atoms with Crippen LogP contribution in [0.5, 0.6) is 0 Å². The van der Waals surface area contributed by atoms with E-state index in [9.17, 15) is 27.2 Å². The summed E-state index contributed by atoms with van der Waals surface area (Å²) in [4.78, 5) is 32.4. The van der Waals surface area contributed by atoms with Gasteiger partial charge in [-0.15, -0.1) is 0 Å². The molecule has 1 aromatic carbocycles. The number of halogens is 5. The minimum atomic E-state index is -4.47. The van der Waals surface area contributed by atoms with E-state index in [0.29, 0.717) is 18.8 Å². The summed E-state index contributed by atoms with van der Waals surface area (Å²) in [6.07, 6.45) is -3.00. The zero-order valence-corrected chi connectivity index (χ0v) is 17.4. The molecule has 6 nitrogen and oxygen atoms in total. The first-order chi connectivity index (χ1) is 15.1. The van der Waals surface area contributed by atoms with Crippen LogP contribution in [0, 0.1) is 11.7 Å². The molecule has 0 N–H and O–H groups in total. The molecule has 2 saturated heterocycles. The van der Waals surface area contributed by atoms with Gasteiger partial charge in [0.1, 0.15) is 12.6 Å². The molecule has 0 spiro atoms. The largest absolute Gasteiger partial charge is 0.416 e. The summed E-state index contributed by atoms with van der Waals surface area (Å²) in [5, 5.41) is 0.0501. The second kappa shape index (κ2) is 8.67. The van der Waals surface area contributed by atoms with Crippen LogP contribution in [-0.2, 0) is 27.0 Å². The summed E-state index contributed by atoms with van der Waals surface area (Å²) >= 11 is 5.73. The highest BCUT2D eigenvalue weighted by atomic mass is 35.5. The van der Waals surface area contributed by atoms with Crippen LogP contribution in [0.15, 0.2) is 36.5 Å². The molecule has 0 bridgehead atoms. The van der Waals surface area contributed by atoms with Crippen LogP contribution >= 0.6 is 11.6 Å². The van der Waals surface area contributed by atoms with E-state index in [4.69, 9.17) is 16.3 Å². The van der Waals surface area contributed by atoms with Gasteiger partial charge >= 0.3 is 6.18 Å². The summed E-state index contributed by atoms with van der Waals surface area (Å²) in [5.41, 5.74) is -0.362. The zero-order chi connectivity index (χ0) is 23.0. The summed E-state index contributed by atoms with van der Waals surface area (Å²) in [5.74, 6) is -2.07. The Morgan fingerprint density at radius 2 is 1.84 bits per heavy atom. The van der Waals surface area contributed by atoms with Crippen molar-refractivity contribution < 1.29 is 31.9 Å². The number of carbonyl (C=O) groups is 2. The molecule has 170 valence electrons. The fraction of sp³-hybridized carbons (Fsp3) is 0.381. The molecule has 0 saturated carbocycles. The van der Waals surface area contributed by atoms with Crippen LogP contribution in [0.3, 0.4) is 0 Å². The van der Waals surface area contributed by atoms with Crippen LogP contribution in [-0.4, -0.2) is 47.5 Å². The van der Waals surface area contributed by atoms with Gasteiger partial charge < -0.3 is 9.64 Å². The fourth-order valence-electron chi connectivity index (χ4n) is 3.73. The number of aromatic nitrogens is 1. The van der Waals surface area contributed by atoms with E-state index in [2.05, 4.69) is 4.98 Å². The maximum Gasteiger partial charge on any atom is 0.416 e. The predicted molar refractivity (Wildman–Crippen MR) is 106 cm³/mol. The Labute approximate surface area is 185 Å². The number of benzene rings is 1. The molecule has 3 heterocycles. The molecule has 2 fully saturated rings. The second-order valence-electron chi connectivity index (χ2n) is 7.75. The van der Waals surface area contributed by atoms with Gasteiger partial charge in [-0.05, 0) is 30.2 Å². The van der Waals surface area contributed by atoms with E-state index in [0.717, 1.165) is 23.1 Å². The van der Waals surface area contributed by atoms with Gasteiger partial charge in [-0.3, -0.25) is 14.5 Å². The molecule has 11 heteroatoms. The van der Waals surface area contributed by atoms with E-state index in [-0.39, 0.29) is 29.7 Å². The standard InChI is InChI=1S/C21H18ClF4N3O3/c22-15-6-16(23)19(27-7-15)29-9-18(30)28(17(20(29)31)5-13-10-32-11-13)8-12-1-3-14(4-2-12)21(24,25)26/h1-4,6-7,13,17H,5,8-11H2/t17-/m0/s1. The number of amides is 2. The Morgan fingerprint density at radius 1 is 1.16 bits per heavy atom. The molecule has 0 unspecified atom stereocenters. The quantitative estimate of drug-likeness (QED) is 0.624. The van der Waals surface area contributed by atoms with E-state index < -0.39 is 42.0 Å². The van der Waals surface area contributed by atoms with Crippen molar-refractivity contribution in [3.63, 3.8) is 0 Å². The maximum absolute atomic E-state index is 14.4. The minimum Gasteiger partial charge on any atom is -0.381 e. The number of nitrogens with zero attached hydrogens (tertiary/aromatic N) is 3. The molecule has 2 aromatic rings. The number of carbonyl (C=O) groups excluding carboxylic acids is 2. The highest BCUT2D eigenvalue weighted by molar-refractivity contribution is 6.30. The highest BCUT2D eigenvalue weighted by Gasteiger charge is 2.43. The van der Waals surface area contributed by atoms with Gasteiger partial charge in [-0.25, -0.2) is 9.37 Å². The van der Waals surface area contributed by atoms with Crippen LogP contribution < -0.4 is 4.90 Å². The second-order valence-corrected chi connectivity index (χ2v) is 8.19. The first kappa shape index (κ1) is 22.5. The van der Waals surface area contributed by atoms with Gasteiger partial charge in [-0.1, -0.05) is 23.7 Å². The number of rotatable bonds is 5. The van der Waals surface area contributed by atoms with Gasteiger partial charge in [0.2, 0.25) is 5.91 Å². The number of hydrogen-bond acceptors (Lipinski definition) is 4. The molecular weight excluding hydrogens is 454 g/mol. The Morgan fingerprint density at radius 3 is 2.41 bits per heavy atom. The fourth-order valence-corrected chi connectivity index (χ4v) is 3.88. The number of ether oxygens (including phenoxy) is 1. The Kier molecular flexibility index (Phi) is 6.09. The third kappa shape index (κ3) is 4.56. The number of alkyl halides is 3. The molecular formula is C21H18ClF4N3O3. The third-order valence-corrected chi connectivity index (χ3v) is 5.69. The first-order valence-corrected chi connectivity index (χ1v) is 10.2. The minimum absolute atomic E-state index is 0.0369. The highest BCUT2D eigenvalue weighted by Crippen LogP contribution is 2.31. The lowest BCUT2D eigenvalue weighted by Gasteiger charge is -2.42. The van der Waals surface area contributed by atoms with Crippen molar-refractivity contribution in [1.82, 2.24) is 9.88 Å². The van der Waals surface area contributed by atoms with E-state index in [1.165, 1.54) is 23.2 Å². The van der Waals surface area contributed by atoms with Gasteiger partial charge in [-0.2, -0.15) is 13.2 Å². The van der Waals surface area contributed by atoms with E-state index in [1.807, 2.05) is 0 Å². The lowest BCUT2D eigenvalue weighted by molar-refractivity contribution is -0.146. The molecule has 1 aromatic heterocycles. The predicted octanol–water partition coefficient (Wildman–Crippen LogP) is 3.67. The average Bonchev–Trinajstić information content (AvgIpc) is 2.69. The molecule has 1 atom stereocenters. The van der Waals surface area contributed by atoms with E-state index in [1.54, 1.807) is 0 Å². The van der Waals surface area contributed by atoms with Gasteiger partial charge in [0.05, 0.1) is 23.8 Å². The van der Waals surface area contributed by atoms with Gasteiger partial charge in [0, 0.05) is 18.7 Å². The smallest absolute Gasteiger partial charge is 0.381 e. The Balaban J connectivity index is 1.60. The number of pyridine rings is 1. The van der Waals surface area contributed by atoms with Crippen molar-refractivity contribution in [3.05, 3.63) is 58.5 Å². The van der Waals surface area contributed by atoms with Crippen molar-refractivity contribution in [2.24, 2.45) is 5.92 Å². The SMILES string of the molecule is O=C1[C@H](CC2COC2)N(Cc2ccc(C(F)(F)F)cc2)C(=O)CN1c1ncc(Cl)cc1F. The lowest BCUT2D eigenvalue weighted by atomic mass is 9.94. The van der Waals surface area contributed by atoms with Crippen LogP contribution in [0.4, 0.5) is 23.4 Å². The molecule has 0 radical (unpaired) electrons. The molecule has 0 aliphatic carbocycles. The molecule has 2 amide bonds. The molecule has 32 heavy (non-hydrogen) atoms. The average molecular weight is 472 g/mol. The van der Waals surface area contributed by atoms with E-state index >= 15 is 0 Å². The lowest BCUT2D eigenvalue weighted by Crippen LogP contribution is -2.61.